The Morgan fingerprint density at radius 2 is 0.962 bits per heavy atom. The predicted octanol–water partition coefficient (Wildman–Crippen LogP) is 12.8. The van der Waals surface area contributed by atoms with Gasteiger partial charge in [0.2, 0.25) is 0 Å². The van der Waals surface area contributed by atoms with Crippen LogP contribution in [0.1, 0.15) is 0 Å². The van der Waals surface area contributed by atoms with Crippen LogP contribution < -0.4 is 0 Å². The van der Waals surface area contributed by atoms with E-state index in [0.717, 1.165) is 66.7 Å². The molecule has 0 spiro atoms. The quantitative estimate of drug-likeness (QED) is 0.188. The maximum atomic E-state index is 6.82. The number of hydrogen-bond acceptors (Lipinski definition) is 3. The third-order valence-electron chi connectivity index (χ3n) is 10.4. The average Bonchev–Trinajstić information content (AvgIpc) is 3.76. The molecule has 0 aliphatic rings. The Hall–Kier alpha value is -7.04. The minimum Gasteiger partial charge on any atom is -0.454 e. The van der Waals surface area contributed by atoms with Gasteiger partial charge in [0.1, 0.15) is 5.58 Å². The summed E-state index contributed by atoms with van der Waals surface area (Å²) < 4.78 is 9.14. The van der Waals surface area contributed by atoms with Crippen LogP contribution in [-0.4, -0.2) is 14.5 Å². The van der Waals surface area contributed by atoms with Crippen molar-refractivity contribution in [3.63, 3.8) is 0 Å². The molecule has 3 heterocycles. The van der Waals surface area contributed by atoms with Crippen LogP contribution in [0.4, 0.5) is 0 Å². The van der Waals surface area contributed by atoms with Crippen LogP contribution in [0.3, 0.4) is 0 Å². The van der Waals surface area contributed by atoms with E-state index in [1.54, 1.807) is 0 Å². The van der Waals surface area contributed by atoms with Crippen LogP contribution in [-0.2, 0) is 0 Å². The zero-order chi connectivity index (χ0) is 34.2. The van der Waals surface area contributed by atoms with E-state index in [-0.39, 0.29) is 0 Å². The first-order chi connectivity index (χ1) is 25.8. The third kappa shape index (κ3) is 4.41. The summed E-state index contributed by atoms with van der Waals surface area (Å²) in [6.45, 7) is 0. The molecule has 11 aromatic rings. The van der Waals surface area contributed by atoms with Gasteiger partial charge in [-0.05, 0) is 64.0 Å². The minimum absolute atomic E-state index is 0.657. The lowest BCUT2D eigenvalue weighted by Gasteiger charge is -2.11. The summed E-state index contributed by atoms with van der Waals surface area (Å²) in [7, 11) is 0. The molecule has 0 amide bonds. The molecule has 0 aliphatic heterocycles. The highest BCUT2D eigenvalue weighted by Gasteiger charge is 2.21. The molecular weight excluding hydrogens is 635 g/mol. The minimum atomic E-state index is 0.657. The molecule has 0 N–H and O–H groups in total. The number of hydrogen-bond donors (Lipinski definition) is 0. The molecule has 3 aromatic heterocycles. The molecule has 4 nitrogen and oxygen atoms in total. The summed E-state index contributed by atoms with van der Waals surface area (Å²) >= 11 is 0. The molecule has 0 unspecified atom stereocenters. The van der Waals surface area contributed by atoms with E-state index in [4.69, 9.17) is 14.4 Å². The van der Waals surface area contributed by atoms with Crippen molar-refractivity contribution >= 4 is 65.3 Å². The van der Waals surface area contributed by atoms with E-state index in [0.29, 0.717) is 5.82 Å². The van der Waals surface area contributed by atoms with E-state index in [1.165, 1.54) is 32.3 Å². The van der Waals surface area contributed by atoms with Crippen molar-refractivity contribution in [2.75, 3.05) is 0 Å². The molecule has 0 aliphatic carbocycles. The van der Waals surface area contributed by atoms with E-state index in [1.807, 2.05) is 12.1 Å². The SMILES string of the molecule is c1ccc2cc(-c3cc(-c4ccc5ccccc5c4)nc(-c4cccc5oc6c(-n7c8ccccc8c8ccccc87)cccc6c45)n3)ccc2c1. The number of para-hydroxylation sites is 3. The average molecular weight is 664 g/mol. The van der Waals surface area contributed by atoms with Gasteiger partial charge >= 0.3 is 0 Å². The lowest BCUT2D eigenvalue weighted by atomic mass is 10.0. The number of rotatable bonds is 4. The normalized spacial score (nSPS) is 11.8. The molecule has 4 heteroatoms. The van der Waals surface area contributed by atoms with Gasteiger partial charge in [-0.15, -0.1) is 0 Å². The lowest BCUT2D eigenvalue weighted by Crippen LogP contribution is -1.96. The molecule has 52 heavy (non-hydrogen) atoms. The summed E-state index contributed by atoms with van der Waals surface area (Å²) in [5, 5.41) is 9.20. The molecular formula is C48H29N3O. The maximum absolute atomic E-state index is 6.82. The number of aromatic nitrogens is 3. The number of furan rings is 1. The Morgan fingerprint density at radius 3 is 1.60 bits per heavy atom. The van der Waals surface area contributed by atoms with E-state index >= 15 is 0 Å². The van der Waals surface area contributed by atoms with E-state index in [9.17, 15) is 0 Å². The van der Waals surface area contributed by atoms with Gasteiger partial charge in [-0.2, -0.15) is 0 Å². The Morgan fingerprint density at radius 1 is 0.423 bits per heavy atom. The smallest absolute Gasteiger partial charge is 0.161 e. The Bertz CT molecular complexity index is 3050. The van der Waals surface area contributed by atoms with Crippen molar-refractivity contribution in [2.45, 2.75) is 0 Å². The molecule has 242 valence electrons. The van der Waals surface area contributed by atoms with Crippen LogP contribution >= 0.6 is 0 Å². The van der Waals surface area contributed by atoms with Crippen molar-refractivity contribution in [1.82, 2.24) is 14.5 Å². The topological polar surface area (TPSA) is 43.9 Å². The fraction of sp³-hybridized carbons (Fsp3) is 0. The molecule has 0 radical (unpaired) electrons. The van der Waals surface area contributed by atoms with Crippen LogP contribution in [0.25, 0.3) is 105 Å². The van der Waals surface area contributed by atoms with Crippen LogP contribution in [0, 0.1) is 0 Å². The largest absolute Gasteiger partial charge is 0.454 e. The monoisotopic (exact) mass is 663 g/mol. The van der Waals surface area contributed by atoms with Gasteiger partial charge in [0.15, 0.2) is 11.4 Å². The lowest BCUT2D eigenvalue weighted by molar-refractivity contribution is 0.666. The highest BCUT2D eigenvalue weighted by molar-refractivity contribution is 6.15. The molecule has 0 fully saturated rings. The van der Waals surface area contributed by atoms with Gasteiger partial charge in [-0.3, -0.25) is 0 Å². The van der Waals surface area contributed by atoms with Gasteiger partial charge in [0, 0.05) is 38.2 Å². The van der Waals surface area contributed by atoms with Gasteiger partial charge in [0.25, 0.3) is 0 Å². The van der Waals surface area contributed by atoms with E-state index < -0.39 is 0 Å². The molecule has 0 bridgehead atoms. The summed E-state index contributed by atoms with van der Waals surface area (Å²) in [4.78, 5) is 10.6. The molecule has 0 atom stereocenters. The van der Waals surface area contributed by atoms with E-state index in [2.05, 4.69) is 168 Å². The van der Waals surface area contributed by atoms with Crippen LogP contribution in [0.5, 0.6) is 0 Å². The van der Waals surface area contributed by atoms with Crippen molar-refractivity contribution in [3.05, 3.63) is 176 Å². The Balaban J connectivity index is 1.17. The highest BCUT2D eigenvalue weighted by atomic mass is 16.3. The standard InChI is InChI=1S/C48H29N3O/c1-3-13-32-27-34(25-23-30(32)11-1)40-29-41(35-26-24-31-12-2-4-14-33(31)28-35)50-48(49-40)39-18-10-22-45-46(39)38-17-9-21-44(47(38)52-45)51-42-19-7-5-15-36(42)37-16-6-8-20-43(37)51/h1-29H. The first-order valence-corrected chi connectivity index (χ1v) is 17.6. The zero-order valence-electron chi connectivity index (χ0n) is 28.0. The number of benzene rings is 8. The molecule has 0 saturated heterocycles. The summed E-state index contributed by atoms with van der Waals surface area (Å²) in [5.41, 5.74) is 9.67. The second kappa shape index (κ2) is 11.2. The number of nitrogens with zero attached hydrogens (tertiary/aromatic N) is 3. The second-order valence-corrected chi connectivity index (χ2v) is 13.4. The third-order valence-corrected chi connectivity index (χ3v) is 10.4. The molecule has 0 saturated carbocycles. The van der Waals surface area contributed by atoms with Crippen molar-refractivity contribution in [1.29, 1.82) is 0 Å². The highest BCUT2D eigenvalue weighted by Crippen LogP contribution is 2.41. The van der Waals surface area contributed by atoms with Gasteiger partial charge in [-0.25, -0.2) is 9.97 Å². The fourth-order valence-electron chi connectivity index (χ4n) is 7.94. The molecule has 11 rings (SSSR count). The fourth-order valence-corrected chi connectivity index (χ4v) is 7.94. The van der Waals surface area contributed by atoms with Gasteiger partial charge < -0.3 is 8.98 Å². The predicted molar refractivity (Wildman–Crippen MR) is 215 cm³/mol. The van der Waals surface area contributed by atoms with Crippen molar-refractivity contribution in [2.24, 2.45) is 0 Å². The summed E-state index contributed by atoms with van der Waals surface area (Å²) in [5.74, 6) is 0.657. The summed E-state index contributed by atoms with van der Waals surface area (Å²) in [6, 6.07) is 61.9. The van der Waals surface area contributed by atoms with Crippen molar-refractivity contribution < 1.29 is 4.42 Å². The first-order valence-electron chi connectivity index (χ1n) is 17.6. The van der Waals surface area contributed by atoms with Gasteiger partial charge in [-0.1, -0.05) is 133 Å². The summed E-state index contributed by atoms with van der Waals surface area (Å²) in [6.07, 6.45) is 0. The zero-order valence-corrected chi connectivity index (χ0v) is 28.0. The molecule has 8 aromatic carbocycles. The van der Waals surface area contributed by atoms with Crippen LogP contribution in [0.15, 0.2) is 180 Å². The second-order valence-electron chi connectivity index (χ2n) is 13.4. The Labute approximate surface area is 298 Å². The number of fused-ring (bicyclic) bond motifs is 8. The van der Waals surface area contributed by atoms with Crippen LogP contribution in [0.2, 0.25) is 0 Å². The first kappa shape index (κ1) is 28.8. The van der Waals surface area contributed by atoms with Gasteiger partial charge in [0.05, 0.1) is 28.1 Å². The maximum Gasteiger partial charge on any atom is 0.161 e. The Kier molecular flexibility index (Phi) is 6.22. The van der Waals surface area contributed by atoms with Crippen molar-refractivity contribution in [3.8, 4) is 39.6 Å².